The van der Waals surface area contributed by atoms with Crippen molar-refractivity contribution in [3.05, 3.63) is 46.4 Å². The lowest BCUT2D eigenvalue weighted by Gasteiger charge is -2.11. The standard InChI is InChI=1S/C13H14N2O2S/c1-10-6-11(7-14)2-3-12(10)8-15-13-4-5-18(16,17)9-13/h2-6,13,15H,8-9H2,1H3. The summed E-state index contributed by atoms with van der Waals surface area (Å²) in [6.07, 6.45) is 1.67. The first-order valence-corrected chi connectivity index (χ1v) is 7.36. The second kappa shape index (κ2) is 4.92. The van der Waals surface area contributed by atoms with E-state index in [1.54, 1.807) is 12.1 Å². The normalized spacial score (nSPS) is 20.8. The SMILES string of the molecule is Cc1cc(C#N)ccc1CNC1C=CS(=O)(=O)C1. The summed E-state index contributed by atoms with van der Waals surface area (Å²) in [6.45, 7) is 2.54. The van der Waals surface area contributed by atoms with Crippen molar-refractivity contribution in [3.63, 3.8) is 0 Å². The van der Waals surface area contributed by atoms with Crippen molar-refractivity contribution in [2.45, 2.75) is 19.5 Å². The first kappa shape index (κ1) is 12.8. The van der Waals surface area contributed by atoms with Crippen LogP contribution in [0, 0.1) is 18.3 Å². The van der Waals surface area contributed by atoms with E-state index in [1.165, 1.54) is 5.41 Å². The van der Waals surface area contributed by atoms with E-state index in [0.29, 0.717) is 12.1 Å². The van der Waals surface area contributed by atoms with Crippen LogP contribution < -0.4 is 5.32 Å². The molecule has 0 saturated heterocycles. The molecule has 0 bridgehead atoms. The summed E-state index contributed by atoms with van der Waals surface area (Å²) in [6, 6.07) is 7.47. The third-order valence-corrected chi connectivity index (χ3v) is 4.35. The van der Waals surface area contributed by atoms with Crippen molar-refractivity contribution in [1.82, 2.24) is 5.32 Å². The molecule has 0 amide bonds. The summed E-state index contributed by atoms with van der Waals surface area (Å²) in [5, 5.41) is 13.2. The molecule has 0 aliphatic carbocycles. The highest BCUT2D eigenvalue weighted by Crippen LogP contribution is 2.12. The predicted molar refractivity (Wildman–Crippen MR) is 69.4 cm³/mol. The molecule has 2 rings (SSSR count). The van der Waals surface area contributed by atoms with Gasteiger partial charge in [-0.15, -0.1) is 0 Å². The molecule has 1 unspecified atom stereocenters. The zero-order chi connectivity index (χ0) is 13.2. The van der Waals surface area contributed by atoms with Gasteiger partial charge in [0.1, 0.15) is 0 Å². The average Bonchev–Trinajstić information content (AvgIpc) is 2.67. The first-order chi connectivity index (χ1) is 8.50. The van der Waals surface area contributed by atoms with Gasteiger partial charge in [-0.1, -0.05) is 12.1 Å². The number of nitrogens with one attached hydrogen (secondary N) is 1. The lowest BCUT2D eigenvalue weighted by Crippen LogP contribution is -2.29. The van der Waals surface area contributed by atoms with E-state index in [4.69, 9.17) is 5.26 Å². The van der Waals surface area contributed by atoms with Crippen LogP contribution in [-0.2, 0) is 16.4 Å². The molecular formula is C13H14N2O2S. The topological polar surface area (TPSA) is 70.0 Å². The summed E-state index contributed by atoms with van der Waals surface area (Å²) in [4.78, 5) is 0. The van der Waals surface area contributed by atoms with Crippen LogP contribution in [0.4, 0.5) is 0 Å². The third-order valence-electron chi connectivity index (χ3n) is 2.96. The molecule has 0 aromatic heterocycles. The van der Waals surface area contributed by atoms with E-state index in [9.17, 15) is 8.42 Å². The summed E-state index contributed by atoms with van der Waals surface area (Å²) in [5.41, 5.74) is 2.75. The highest BCUT2D eigenvalue weighted by Gasteiger charge is 2.20. The van der Waals surface area contributed by atoms with Crippen molar-refractivity contribution >= 4 is 9.84 Å². The summed E-state index contributed by atoms with van der Waals surface area (Å²) < 4.78 is 22.5. The van der Waals surface area contributed by atoms with Gasteiger partial charge in [0.2, 0.25) is 0 Å². The molecule has 1 atom stereocenters. The second-order valence-corrected chi connectivity index (χ2v) is 6.33. The Labute approximate surface area is 107 Å². The molecular weight excluding hydrogens is 248 g/mol. The van der Waals surface area contributed by atoms with Crippen LogP contribution in [0.25, 0.3) is 0 Å². The summed E-state index contributed by atoms with van der Waals surface area (Å²) in [5.74, 6) is 0.127. The number of aryl methyl sites for hydroxylation is 1. The fourth-order valence-corrected chi connectivity index (χ4v) is 3.18. The number of hydrogen-bond donors (Lipinski definition) is 1. The van der Waals surface area contributed by atoms with Crippen LogP contribution in [0.15, 0.2) is 29.7 Å². The van der Waals surface area contributed by atoms with Gasteiger partial charge < -0.3 is 5.32 Å². The van der Waals surface area contributed by atoms with Crippen LogP contribution in [0.2, 0.25) is 0 Å². The van der Waals surface area contributed by atoms with E-state index in [0.717, 1.165) is 11.1 Å². The molecule has 1 aliphatic heterocycles. The number of rotatable bonds is 3. The largest absolute Gasteiger partial charge is 0.305 e. The Morgan fingerprint density at radius 1 is 1.50 bits per heavy atom. The molecule has 0 saturated carbocycles. The van der Waals surface area contributed by atoms with E-state index in [1.807, 2.05) is 19.1 Å². The van der Waals surface area contributed by atoms with E-state index < -0.39 is 9.84 Å². The number of hydrogen-bond acceptors (Lipinski definition) is 4. The van der Waals surface area contributed by atoms with Crippen molar-refractivity contribution in [2.24, 2.45) is 0 Å². The molecule has 0 fully saturated rings. The maximum atomic E-state index is 11.2. The maximum Gasteiger partial charge on any atom is 0.173 e. The predicted octanol–water partition coefficient (Wildman–Crippen LogP) is 1.27. The Bertz CT molecular complexity index is 627. The number of benzene rings is 1. The van der Waals surface area contributed by atoms with Crippen LogP contribution >= 0.6 is 0 Å². The number of nitrogens with zero attached hydrogens (tertiary/aromatic N) is 1. The molecule has 1 aromatic rings. The molecule has 1 aromatic carbocycles. The first-order valence-electron chi connectivity index (χ1n) is 5.64. The van der Waals surface area contributed by atoms with Crippen LogP contribution in [0.5, 0.6) is 0 Å². The van der Waals surface area contributed by atoms with Crippen LogP contribution in [0.3, 0.4) is 0 Å². The molecule has 1 heterocycles. The van der Waals surface area contributed by atoms with Gasteiger partial charge in [-0.25, -0.2) is 8.42 Å². The van der Waals surface area contributed by atoms with E-state index in [-0.39, 0.29) is 11.8 Å². The van der Waals surface area contributed by atoms with Gasteiger partial charge in [-0.05, 0) is 30.2 Å². The smallest absolute Gasteiger partial charge is 0.173 e. The molecule has 4 nitrogen and oxygen atoms in total. The number of nitriles is 1. The molecule has 1 aliphatic rings. The van der Waals surface area contributed by atoms with Gasteiger partial charge in [0.15, 0.2) is 9.84 Å². The zero-order valence-corrected chi connectivity index (χ0v) is 10.9. The van der Waals surface area contributed by atoms with E-state index >= 15 is 0 Å². The van der Waals surface area contributed by atoms with Crippen molar-refractivity contribution in [2.75, 3.05) is 5.75 Å². The minimum absolute atomic E-state index is 0.120. The van der Waals surface area contributed by atoms with Gasteiger partial charge in [0.25, 0.3) is 0 Å². The Morgan fingerprint density at radius 3 is 2.83 bits per heavy atom. The van der Waals surface area contributed by atoms with Gasteiger partial charge in [-0.3, -0.25) is 0 Å². The molecule has 94 valence electrons. The van der Waals surface area contributed by atoms with E-state index in [2.05, 4.69) is 11.4 Å². The van der Waals surface area contributed by atoms with Gasteiger partial charge in [0.05, 0.1) is 17.4 Å². The molecule has 1 N–H and O–H groups in total. The molecule has 0 spiro atoms. The van der Waals surface area contributed by atoms with Crippen LogP contribution in [-0.4, -0.2) is 20.2 Å². The quantitative estimate of drug-likeness (QED) is 0.890. The minimum Gasteiger partial charge on any atom is -0.305 e. The Balaban J connectivity index is 2.00. The fourth-order valence-electron chi connectivity index (χ4n) is 1.91. The fraction of sp³-hybridized carbons (Fsp3) is 0.308. The lowest BCUT2D eigenvalue weighted by molar-refractivity contribution is 0.590. The molecule has 5 heteroatoms. The van der Waals surface area contributed by atoms with Crippen molar-refractivity contribution in [1.29, 1.82) is 5.26 Å². The van der Waals surface area contributed by atoms with Crippen LogP contribution in [0.1, 0.15) is 16.7 Å². The Morgan fingerprint density at radius 2 is 2.28 bits per heavy atom. The van der Waals surface area contributed by atoms with Crippen molar-refractivity contribution < 1.29 is 8.42 Å². The number of sulfone groups is 1. The maximum absolute atomic E-state index is 11.2. The van der Waals surface area contributed by atoms with Gasteiger partial charge in [0, 0.05) is 18.0 Å². The van der Waals surface area contributed by atoms with Gasteiger partial charge in [-0.2, -0.15) is 5.26 Å². The minimum atomic E-state index is -3.01. The second-order valence-electron chi connectivity index (χ2n) is 4.40. The third kappa shape index (κ3) is 2.97. The highest BCUT2D eigenvalue weighted by atomic mass is 32.2. The van der Waals surface area contributed by atoms with Crippen molar-refractivity contribution in [3.8, 4) is 6.07 Å². The Kier molecular flexibility index (Phi) is 3.50. The highest BCUT2D eigenvalue weighted by molar-refractivity contribution is 7.94. The summed E-state index contributed by atoms with van der Waals surface area (Å²) >= 11 is 0. The summed E-state index contributed by atoms with van der Waals surface area (Å²) in [7, 11) is -3.01. The average molecular weight is 262 g/mol. The zero-order valence-electron chi connectivity index (χ0n) is 10.1. The monoisotopic (exact) mass is 262 g/mol. The lowest BCUT2D eigenvalue weighted by atomic mass is 10.1. The Hall–Kier alpha value is -1.64. The van der Waals surface area contributed by atoms with Gasteiger partial charge >= 0.3 is 0 Å². The molecule has 0 radical (unpaired) electrons. The molecule has 18 heavy (non-hydrogen) atoms.